The third-order valence-electron chi connectivity index (χ3n) is 4.12. The van der Waals surface area contributed by atoms with Crippen LogP contribution in [0.2, 0.25) is 0 Å². The van der Waals surface area contributed by atoms with E-state index in [1.807, 2.05) is 19.1 Å². The Morgan fingerprint density at radius 2 is 2.08 bits per heavy atom. The summed E-state index contributed by atoms with van der Waals surface area (Å²) in [5.41, 5.74) is 8.07. The maximum absolute atomic E-state index is 13.4. The molecule has 0 atom stereocenters. The highest BCUT2D eigenvalue weighted by Gasteiger charge is 2.19. The Morgan fingerprint density at radius 3 is 2.75 bits per heavy atom. The van der Waals surface area contributed by atoms with E-state index in [1.54, 1.807) is 6.07 Å². The van der Waals surface area contributed by atoms with Gasteiger partial charge in [-0.05, 0) is 36.2 Å². The summed E-state index contributed by atoms with van der Waals surface area (Å²) in [6.45, 7) is 4.65. The summed E-state index contributed by atoms with van der Waals surface area (Å²) < 4.78 is 18.8. The molecule has 1 saturated heterocycles. The fourth-order valence-corrected chi connectivity index (χ4v) is 2.98. The Labute approximate surface area is 140 Å². The normalized spacial score (nSPS) is 14.7. The summed E-state index contributed by atoms with van der Waals surface area (Å²) in [5, 5.41) is 0. The lowest BCUT2D eigenvalue weighted by Crippen LogP contribution is -2.37. The number of carbonyl (C=O) groups is 1. The highest BCUT2D eigenvalue weighted by molar-refractivity contribution is 5.95. The van der Waals surface area contributed by atoms with Gasteiger partial charge in [0.25, 0.3) is 5.91 Å². The van der Waals surface area contributed by atoms with Crippen LogP contribution in [0.4, 0.5) is 10.2 Å². The fraction of sp³-hybridized carbons (Fsp3) is 0.333. The van der Waals surface area contributed by atoms with Gasteiger partial charge in [-0.15, -0.1) is 0 Å². The smallest absolute Gasteiger partial charge is 0.250 e. The number of rotatable bonds is 4. The second-order valence-corrected chi connectivity index (χ2v) is 5.89. The minimum atomic E-state index is -0.514. The van der Waals surface area contributed by atoms with Gasteiger partial charge in [0, 0.05) is 19.5 Å². The van der Waals surface area contributed by atoms with Crippen LogP contribution in [-0.2, 0) is 11.2 Å². The molecule has 24 heavy (non-hydrogen) atoms. The van der Waals surface area contributed by atoms with Gasteiger partial charge in [0.05, 0.1) is 24.5 Å². The SMILES string of the molecule is Cc1cc(N2CCOCC2)nc(Cc2cccc(F)c2)c1C(N)=O. The number of benzene rings is 1. The van der Waals surface area contributed by atoms with Gasteiger partial charge in [0.1, 0.15) is 11.6 Å². The number of nitrogens with zero attached hydrogens (tertiary/aromatic N) is 2. The van der Waals surface area contributed by atoms with E-state index in [0.29, 0.717) is 30.9 Å². The van der Waals surface area contributed by atoms with E-state index in [9.17, 15) is 9.18 Å². The molecular formula is C18H20FN3O2. The van der Waals surface area contributed by atoms with Crippen molar-refractivity contribution in [2.24, 2.45) is 5.73 Å². The minimum Gasteiger partial charge on any atom is -0.378 e. The first-order chi connectivity index (χ1) is 11.5. The predicted molar refractivity (Wildman–Crippen MR) is 89.7 cm³/mol. The van der Waals surface area contributed by atoms with Crippen LogP contribution >= 0.6 is 0 Å². The van der Waals surface area contributed by atoms with E-state index in [2.05, 4.69) is 9.88 Å². The summed E-state index contributed by atoms with van der Waals surface area (Å²) in [4.78, 5) is 18.6. The molecule has 2 aromatic rings. The van der Waals surface area contributed by atoms with Gasteiger partial charge in [-0.2, -0.15) is 0 Å². The molecule has 0 aliphatic carbocycles. The third kappa shape index (κ3) is 3.54. The van der Waals surface area contributed by atoms with Crippen LogP contribution in [0.15, 0.2) is 30.3 Å². The van der Waals surface area contributed by atoms with E-state index in [1.165, 1.54) is 12.1 Å². The fourth-order valence-electron chi connectivity index (χ4n) is 2.98. The summed E-state index contributed by atoms with van der Waals surface area (Å²) in [6.07, 6.45) is 0.356. The van der Waals surface area contributed by atoms with Crippen LogP contribution in [0, 0.1) is 12.7 Å². The van der Waals surface area contributed by atoms with Gasteiger partial charge in [0.15, 0.2) is 0 Å². The first-order valence-electron chi connectivity index (χ1n) is 7.92. The van der Waals surface area contributed by atoms with E-state index >= 15 is 0 Å². The number of morpholine rings is 1. The molecule has 0 bridgehead atoms. The second-order valence-electron chi connectivity index (χ2n) is 5.89. The number of amides is 1. The topological polar surface area (TPSA) is 68.4 Å². The average molecular weight is 329 g/mol. The molecule has 1 aliphatic rings. The molecular weight excluding hydrogens is 309 g/mol. The largest absolute Gasteiger partial charge is 0.378 e. The van der Waals surface area contributed by atoms with Crippen molar-refractivity contribution in [2.45, 2.75) is 13.3 Å². The highest BCUT2D eigenvalue weighted by atomic mass is 19.1. The molecule has 5 nitrogen and oxygen atoms in total. The Hall–Kier alpha value is -2.47. The number of halogens is 1. The molecule has 3 rings (SSSR count). The van der Waals surface area contributed by atoms with Crippen LogP contribution in [-0.4, -0.2) is 37.2 Å². The van der Waals surface area contributed by atoms with Crippen molar-refractivity contribution in [3.05, 3.63) is 58.5 Å². The lowest BCUT2D eigenvalue weighted by atomic mass is 10.0. The Balaban J connectivity index is 2.00. The zero-order chi connectivity index (χ0) is 17.1. The quantitative estimate of drug-likeness (QED) is 0.932. The van der Waals surface area contributed by atoms with E-state index in [0.717, 1.165) is 30.0 Å². The Bertz CT molecular complexity index is 758. The van der Waals surface area contributed by atoms with Crippen molar-refractivity contribution >= 4 is 11.7 Å². The van der Waals surface area contributed by atoms with E-state index in [-0.39, 0.29) is 5.82 Å². The van der Waals surface area contributed by atoms with Gasteiger partial charge < -0.3 is 15.4 Å². The molecule has 0 unspecified atom stereocenters. The summed E-state index contributed by atoms with van der Waals surface area (Å²) in [5.74, 6) is -0.0266. The lowest BCUT2D eigenvalue weighted by molar-refractivity contribution is 0.0998. The molecule has 6 heteroatoms. The molecule has 126 valence electrons. The van der Waals surface area contributed by atoms with Crippen LogP contribution in [0.3, 0.4) is 0 Å². The molecule has 1 fully saturated rings. The Morgan fingerprint density at radius 1 is 1.33 bits per heavy atom. The monoisotopic (exact) mass is 329 g/mol. The van der Waals surface area contributed by atoms with E-state index < -0.39 is 5.91 Å². The van der Waals surface area contributed by atoms with Gasteiger partial charge >= 0.3 is 0 Å². The minimum absolute atomic E-state index is 0.311. The van der Waals surface area contributed by atoms with E-state index in [4.69, 9.17) is 10.5 Å². The van der Waals surface area contributed by atoms with Crippen molar-refractivity contribution < 1.29 is 13.9 Å². The van der Waals surface area contributed by atoms with Crippen molar-refractivity contribution in [1.82, 2.24) is 4.98 Å². The summed E-state index contributed by atoms with van der Waals surface area (Å²) in [6, 6.07) is 8.17. The van der Waals surface area contributed by atoms with Gasteiger partial charge in [-0.25, -0.2) is 9.37 Å². The predicted octanol–water partition coefficient (Wildman–Crippen LogP) is 2.06. The van der Waals surface area contributed by atoms with Crippen molar-refractivity contribution in [1.29, 1.82) is 0 Å². The Kier molecular flexibility index (Phi) is 4.76. The number of primary amides is 1. The highest BCUT2D eigenvalue weighted by Crippen LogP contribution is 2.23. The van der Waals surface area contributed by atoms with Crippen molar-refractivity contribution in [3.63, 3.8) is 0 Å². The van der Waals surface area contributed by atoms with Crippen molar-refractivity contribution in [3.8, 4) is 0 Å². The second kappa shape index (κ2) is 6.97. The number of hydrogen-bond donors (Lipinski definition) is 1. The zero-order valence-electron chi connectivity index (χ0n) is 13.6. The molecule has 0 radical (unpaired) electrons. The van der Waals surface area contributed by atoms with Gasteiger partial charge in [-0.3, -0.25) is 4.79 Å². The molecule has 0 spiro atoms. The molecule has 0 saturated carbocycles. The number of hydrogen-bond acceptors (Lipinski definition) is 4. The number of carbonyl (C=O) groups excluding carboxylic acids is 1. The van der Waals surface area contributed by atoms with Crippen molar-refractivity contribution in [2.75, 3.05) is 31.2 Å². The zero-order valence-corrected chi connectivity index (χ0v) is 13.6. The number of aromatic nitrogens is 1. The summed E-state index contributed by atoms with van der Waals surface area (Å²) >= 11 is 0. The lowest BCUT2D eigenvalue weighted by Gasteiger charge is -2.29. The van der Waals surface area contributed by atoms with Crippen LogP contribution in [0.5, 0.6) is 0 Å². The molecule has 1 aromatic carbocycles. The number of ether oxygens (including phenoxy) is 1. The average Bonchev–Trinajstić information content (AvgIpc) is 2.55. The maximum atomic E-state index is 13.4. The molecule has 2 heterocycles. The van der Waals surface area contributed by atoms with Crippen LogP contribution in [0.25, 0.3) is 0 Å². The first kappa shape index (κ1) is 16.4. The standard InChI is InChI=1S/C18H20FN3O2/c1-12-9-16(22-5-7-24-8-6-22)21-15(17(12)18(20)23)11-13-3-2-4-14(19)10-13/h2-4,9-10H,5-8,11H2,1H3,(H2,20,23). The number of anilines is 1. The molecule has 1 aromatic heterocycles. The van der Waals surface area contributed by atoms with Gasteiger partial charge in [-0.1, -0.05) is 12.1 Å². The number of nitrogens with two attached hydrogens (primary N) is 1. The molecule has 1 aliphatic heterocycles. The third-order valence-corrected chi connectivity index (χ3v) is 4.12. The molecule has 2 N–H and O–H groups in total. The maximum Gasteiger partial charge on any atom is 0.250 e. The first-order valence-corrected chi connectivity index (χ1v) is 7.92. The number of aryl methyl sites for hydroxylation is 1. The van der Waals surface area contributed by atoms with Gasteiger partial charge in [0.2, 0.25) is 0 Å². The summed E-state index contributed by atoms with van der Waals surface area (Å²) in [7, 11) is 0. The van der Waals surface area contributed by atoms with Crippen LogP contribution in [0.1, 0.15) is 27.2 Å². The van der Waals surface area contributed by atoms with Crippen LogP contribution < -0.4 is 10.6 Å². The molecule has 1 amide bonds. The number of pyridine rings is 1.